The summed E-state index contributed by atoms with van der Waals surface area (Å²) in [5, 5.41) is 8.98. The van der Waals surface area contributed by atoms with Gasteiger partial charge >= 0.3 is 5.97 Å². The molecule has 5 heteroatoms. The van der Waals surface area contributed by atoms with Crippen molar-refractivity contribution >= 4 is 23.2 Å². The number of aryl methyl sites for hydroxylation is 2. The van der Waals surface area contributed by atoms with E-state index in [9.17, 15) is 9.59 Å². The molecule has 1 aromatic rings. The smallest absolute Gasteiger partial charge is 0.323 e. The Hall–Kier alpha value is -1.36. The van der Waals surface area contributed by atoms with E-state index in [-0.39, 0.29) is 12.5 Å². The third-order valence-electron chi connectivity index (χ3n) is 4.00. The Morgan fingerprint density at radius 3 is 2.70 bits per heavy atom. The van der Waals surface area contributed by atoms with Crippen molar-refractivity contribution in [2.45, 2.75) is 38.5 Å². The first-order chi connectivity index (χ1) is 9.63. The zero-order chi connectivity index (χ0) is 14.1. The van der Waals surface area contributed by atoms with E-state index >= 15 is 0 Å². The molecule has 1 aromatic heterocycles. The molecule has 0 aromatic carbocycles. The minimum Gasteiger partial charge on any atom is -0.480 e. The van der Waals surface area contributed by atoms with E-state index in [1.807, 2.05) is 6.07 Å². The van der Waals surface area contributed by atoms with E-state index in [1.165, 1.54) is 28.2 Å². The average molecular weight is 293 g/mol. The van der Waals surface area contributed by atoms with E-state index in [0.29, 0.717) is 12.5 Å². The monoisotopic (exact) mass is 293 g/mol. The number of hydrogen-bond donors (Lipinski definition) is 1. The molecule has 2 aliphatic carbocycles. The van der Waals surface area contributed by atoms with Gasteiger partial charge in [-0.05, 0) is 56.1 Å². The molecule has 3 rings (SSSR count). The van der Waals surface area contributed by atoms with E-state index < -0.39 is 5.97 Å². The molecule has 0 saturated heterocycles. The van der Waals surface area contributed by atoms with Gasteiger partial charge in [-0.3, -0.25) is 9.59 Å². The van der Waals surface area contributed by atoms with Gasteiger partial charge in [0.1, 0.15) is 6.54 Å². The third kappa shape index (κ3) is 3.03. The van der Waals surface area contributed by atoms with Crippen LogP contribution in [0.2, 0.25) is 0 Å². The Morgan fingerprint density at radius 2 is 2.05 bits per heavy atom. The van der Waals surface area contributed by atoms with Gasteiger partial charge in [0.25, 0.3) is 5.91 Å². The maximum atomic E-state index is 12.5. The van der Waals surface area contributed by atoms with Gasteiger partial charge in [-0.1, -0.05) is 0 Å². The highest BCUT2D eigenvalue weighted by atomic mass is 32.1. The first kappa shape index (κ1) is 13.6. The molecule has 4 nitrogen and oxygen atoms in total. The summed E-state index contributed by atoms with van der Waals surface area (Å²) >= 11 is 1.56. The number of rotatable bonds is 5. The van der Waals surface area contributed by atoms with Crippen LogP contribution in [0.15, 0.2) is 6.07 Å². The first-order valence-corrected chi connectivity index (χ1v) is 8.08. The van der Waals surface area contributed by atoms with Crippen LogP contribution in [0.5, 0.6) is 0 Å². The second-order valence-corrected chi connectivity index (χ2v) is 6.93. The zero-order valence-corrected chi connectivity index (χ0v) is 12.2. The molecule has 1 saturated carbocycles. The second kappa shape index (κ2) is 5.56. The van der Waals surface area contributed by atoms with Crippen molar-refractivity contribution in [1.29, 1.82) is 0 Å². The van der Waals surface area contributed by atoms with Gasteiger partial charge in [-0.2, -0.15) is 0 Å². The fourth-order valence-electron chi connectivity index (χ4n) is 2.75. The molecule has 0 bridgehead atoms. The zero-order valence-electron chi connectivity index (χ0n) is 11.4. The molecule has 1 heterocycles. The summed E-state index contributed by atoms with van der Waals surface area (Å²) in [4.78, 5) is 27.0. The fraction of sp³-hybridized carbons (Fsp3) is 0.600. The molecule has 0 radical (unpaired) electrons. The molecule has 1 fully saturated rings. The van der Waals surface area contributed by atoms with Crippen LogP contribution < -0.4 is 0 Å². The summed E-state index contributed by atoms with van der Waals surface area (Å²) in [5.41, 5.74) is 1.30. The SMILES string of the molecule is O=C(O)CN(CC1CC1)C(=O)c1cc2c(s1)CCCC2. The van der Waals surface area contributed by atoms with Crippen molar-refractivity contribution in [3.63, 3.8) is 0 Å². The number of carbonyl (C=O) groups excluding carboxylic acids is 1. The number of amides is 1. The quantitative estimate of drug-likeness (QED) is 0.907. The maximum absolute atomic E-state index is 12.5. The van der Waals surface area contributed by atoms with Crippen LogP contribution in [-0.2, 0) is 17.6 Å². The van der Waals surface area contributed by atoms with Crippen LogP contribution in [0, 0.1) is 5.92 Å². The number of carboxylic acid groups (broad SMARTS) is 1. The molecular formula is C15H19NO3S. The van der Waals surface area contributed by atoms with Gasteiger partial charge in [-0.25, -0.2) is 0 Å². The molecule has 0 atom stereocenters. The largest absolute Gasteiger partial charge is 0.480 e. The highest BCUT2D eigenvalue weighted by Crippen LogP contribution is 2.33. The summed E-state index contributed by atoms with van der Waals surface area (Å²) in [6.07, 6.45) is 6.74. The maximum Gasteiger partial charge on any atom is 0.323 e. The van der Waals surface area contributed by atoms with Crippen molar-refractivity contribution in [2.75, 3.05) is 13.1 Å². The second-order valence-electron chi connectivity index (χ2n) is 5.79. The number of carboxylic acids is 1. The summed E-state index contributed by atoms with van der Waals surface area (Å²) in [6, 6.07) is 1.99. The molecule has 0 unspecified atom stereocenters. The van der Waals surface area contributed by atoms with Crippen LogP contribution in [-0.4, -0.2) is 35.0 Å². The van der Waals surface area contributed by atoms with E-state index in [1.54, 1.807) is 11.3 Å². The van der Waals surface area contributed by atoms with Gasteiger partial charge in [-0.15, -0.1) is 11.3 Å². The van der Waals surface area contributed by atoms with Crippen LogP contribution in [0.1, 0.15) is 45.8 Å². The fourth-order valence-corrected chi connectivity index (χ4v) is 3.97. The summed E-state index contributed by atoms with van der Waals surface area (Å²) in [5.74, 6) is -0.521. The summed E-state index contributed by atoms with van der Waals surface area (Å²) < 4.78 is 0. The van der Waals surface area contributed by atoms with Crippen LogP contribution in [0.25, 0.3) is 0 Å². The Labute approximate surface area is 122 Å². The van der Waals surface area contributed by atoms with Gasteiger partial charge in [0.15, 0.2) is 0 Å². The van der Waals surface area contributed by atoms with Crippen molar-refractivity contribution in [2.24, 2.45) is 5.92 Å². The standard InChI is InChI=1S/C15H19NO3S/c17-14(18)9-16(8-10-5-6-10)15(19)13-7-11-3-1-2-4-12(11)20-13/h7,10H,1-6,8-9H2,(H,17,18). The predicted molar refractivity (Wildman–Crippen MR) is 77.2 cm³/mol. The molecule has 0 aliphatic heterocycles. The number of aliphatic carboxylic acids is 1. The van der Waals surface area contributed by atoms with Gasteiger partial charge in [0.05, 0.1) is 4.88 Å². The average Bonchev–Trinajstić information content (AvgIpc) is 3.12. The van der Waals surface area contributed by atoms with Crippen molar-refractivity contribution < 1.29 is 14.7 Å². The Bertz CT molecular complexity index is 510. The highest BCUT2D eigenvalue weighted by molar-refractivity contribution is 7.14. The molecule has 2 aliphatic rings. The minimum atomic E-state index is -0.930. The lowest BCUT2D eigenvalue weighted by Gasteiger charge is -2.19. The molecule has 20 heavy (non-hydrogen) atoms. The van der Waals surface area contributed by atoms with E-state index in [0.717, 1.165) is 30.6 Å². The lowest BCUT2D eigenvalue weighted by Crippen LogP contribution is -2.36. The van der Waals surface area contributed by atoms with Gasteiger partial charge in [0.2, 0.25) is 0 Å². The van der Waals surface area contributed by atoms with Crippen LogP contribution in [0.4, 0.5) is 0 Å². The molecule has 1 N–H and O–H groups in total. The van der Waals surface area contributed by atoms with Gasteiger partial charge < -0.3 is 10.0 Å². The topological polar surface area (TPSA) is 57.6 Å². The summed E-state index contributed by atoms with van der Waals surface area (Å²) in [7, 11) is 0. The third-order valence-corrected chi connectivity index (χ3v) is 5.22. The van der Waals surface area contributed by atoms with Crippen molar-refractivity contribution in [3.8, 4) is 0 Å². The molecule has 0 spiro atoms. The Balaban J connectivity index is 1.76. The van der Waals surface area contributed by atoms with Crippen LogP contribution in [0.3, 0.4) is 0 Å². The molecule has 1 amide bonds. The number of fused-ring (bicyclic) bond motifs is 1. The number of nitrogens with zero attached hydrogens (tertiary/aromatic N) is 1. The normalized spacial score (nSPS) is 17.6. The highest BCUT2D eigenvalue weighted by Gasteiger charge is 2.29. The lowest BCUT2D eigenvalue weighted by atomic mass is 9.99. The predicted octanol–water partition coefficient (Wildman–Crippen LogP) is 2.56. The van der Waals surface area contributed by atoms with E-state index in [4.69, 9.17) is 5.11 Å². The van der Waals surface area contributed by atoms with Gasteiger partial charge in [0, 0.05) is 11.4 Å². The Morgan fingerprint density at radius 1 is 1.30 bits per heavy atom. The van der Waals surface area contributed by atoms with Crippen molar-refractivity contribution in [1.82, 2.24) is 4.90 Å². The summed E-state index contributed by atoms with van der Waals surface area (Å²) in [6.45, 7) is 0.408. The minimum absolute atomic E-state index is 0.0984. The van der Waals surface area contributed by atoms with E-state index in [2.05, 4.69) is 0 Å². The number of hydrogen-bond acceptors (Lipinski definition) is 3. The lowest BCUT2D eigenvalue weighted by molar-refractivity contribution is -0.137. The molecule has 108 valence electrons. The van der Waals surface area contributed by atoms with Crippen LogP contribution >= 0.6 is 11.3 Å². The van der Waals surface area contributed by atoms with Crippen molar-refractivity contribution in [3.05, 3.63) is 21.4 Å². The first-order valence-electron chi connectivity index (χ1n) is 7.26. The number of carbonyl (C=O) groups is 2. The Kier molecular flexibility index (Phi) is 3.78. The molecular weight excluding hydrogens is 274 g/mol. The number of thiophene rings is 1.